The Morgan fingerprint density at radius 1 is 1.25 bits per heavy atom. The van der Waals surface area contributed by atoms with Crippen LogP contribution in [0.15, 0.2) is 44.4 Å². The first-order valence-electron chi connectivity index (χ1n) is 6.09. The molecule has 0 saturated carbocycles. The van der Waals surface area contributed by atoms with Crippen molar-refractivity contribution in [2.75, 3.05) is 16.6 Å². The first-order chi connectivity index (χ1) is 9.46. The Morgan fingerprint density at radius 3 is 2.50 bits per heavy atom. The predicted molar refractivity (Wildman–Crippen MR) is 87.7 cm³/mol. The Kier molecular flexibility index (Phi) is 4.72. The fraction of sp³-hybridized carbons (Fsp3) is 0.231. The summed E-state index contributed by atoms with van der Waals surface area (Å²) in [6, 6.07) is 10.3. The molecule has 0 saturated heterocycles. The van der Waals surface area contributed by atoms with Crippen molar-refractivity contribution in [2.24, 2.45) is 0 Å². The second-order valence-electron chi connectivity index (χ2n) is 4.19. The van der Waals surface area contributed by atoms with Crippen LogP contribution in [0.5, 0.6) is 0 Å². The van der Waals surface area contributed by atoms with Crippen molar-refractivity contribution < 1.29 is 8.42 Å². The maximum Gasteiger partial charge on any atom is 0.273 e. The summed E-state index contributed by atoms with van der Waals surface area (Å²) in [4.78, 5) is 0. The molecule has 0 spiro atoms. The van der Waals surface area contributed by atoms with Gasteiger partial charge in [0.15, 0.2) is 0 Å². The molecule has 0 aliphatic carbocycles. The van der Waals surface area contributed by atoms with Gasteiger partial charge in [-0.15, -0.1) is 11.3 Å². The number of rotatable bonds is 5. The standard InChI is InChI=1S/C13H15BrN2O2S2/c1-2-9-16(11-6-4-3-5-10(11)15)20(17,18)13-8-7-12(14)19-13/h3-8H,2,9,15H2,1H3. The molecule has 7 heteroatoms. The molecule has 1 aromatic carbocycles. The van der Waals surface area contributed by atoms with Gasteiger partial charge in [0.1, 0.15) is 4.21 Å². The number of halogens is 1. The quantitative estimate of drug-likeness (QED) is 0.811. The number of hydrogen-bond donors (Lipinski definition) is 1. The fourth-order valence-corrected chi connectivity index (χ4v) is 5.54. The van der Waals surface area contributed by atoms with Crippen molar-refractivity contribution in [3.63, 3.8) is 0 Å². The van der Waals surface area contributed by atoms with Gasteiger partial charge in [0.05, 0.1) is 15.2 Å². The zero-order valence-electron chi connectivity index (χ0n) is 10.9. The minimum absolute atomic E-state index is 0.307. The Bertz CT molecular complexity index is 698. The molecule has 0 radical (unpaired) electrons. The number of thiophene rings is 1. The van der Waals surface area contributed by atoms with Crippen molar-refractivity contribution in [3.8, 4) is 0 Å². The number of benzene rings is 1. The summed E-state index contributed by atoms with van der Waals surface area (Å²) in [5.41, 5.74) is 6.90. The Morgan fingerprint density at radius 2 is 1.95 bits per heavy atom. The van der Waals surface area contributed by atoms with Gasteiger partial charge >= 0.3 is 0 Å². The lowest BCUT2D eigenvalue weighted by Crippen LogP contribution is -2.31. The van der Waals surface area contributed by atoms with Crippen LogP contribution in [0.25, 0.3) is 0 Å². The van der Waals surface area contributed by atoms with Crippen LogP contribution in [0, 0.1) is 0 Å². The monoisotopic (exact) mass is 374 g/mol. The zero-order valence-corrected chi connectivity index (χ0v) is 14.1. The maximum absolute atomic E-state index is 12.7. The van der Waals surface area contributed by atoms with Gasteiger partial charge in [-0.3, -0.25) is 4.31 Å². The number of anilines is 2. The zero-order chi connectivity index (χ0) is 14.8. The van der Waals surface area contributed by atoms with Crippen molar-refractivity contribution in [1.29, 1.82) is 0 Å². The van der Waals surface area contributed by atoms with E-state index in [4.69, 9.17) is 5.73 Å². The van der Waals surface area contributed by atoms with Crippen LogP contribution in [0.2, 0.25) is 0 Å². The minimum Gasteiger partial charge on any atom is -0.397 e. The van der Waals surface area contributed by atoms with Crippen LogP contribution in [0.3, 0.4) is 0 Å². The average Bonchev–Trinajstić information content (AvgIpc) is 2.84. The third-order valence-electron chi connectivity index (χ3n) is 2.73. The summed E-state index contributed by atoms with van der Waals surface area (Å²) in [6.45, 7) is 2.33. The summed E-state index contributed by atoms with van der Waals surface area (Å²) in [7, 11) is -3.58. The molecule has 0 atom stereocenters. The average molecular weight is 375 g/mol. The van der Waals surface area contributed by atoms with Crippen LogP contribution < -0.4 is 10.0 Å². The molecule has 0 fully saturated rings. The number of sulfonamides is 1. The van der Waals surface area contributed by atoms with Crippen LogP contribution in [0.1, 0.15) is 13.3 Å². The second-order valence-corrected chi connectivity index (χ2v) is 8.75. The number of nitrogens with two attached hydrogens (primary N) is 1. The highest BCUT2D eigenvalue weighted by Crippen LogP contribution is 2.33. The minimum atomic E-state index is -3.58. The molecule has 4 nitrogen and oxygen atoms in total. The maximum atomic E-state index is 12.7. The van der Waals surface area contributed by atoms with Crippen LogP contribution in [-0.2, 0) is 10.0 Å². The number of hydrogen-bond acceptors (Lipinski definition) is 4. The van der Waals surface area contributed by atoms with Crippen molar-refractivity contribution >= 4 is 48.7 Å². The summed E-state index contributed by atoms with van der Waals surface area (Å²) < 4.78 is 28.0. The fourth-order valence-electron chi connectivity index (χ4n) is 1.83. The van der Waals surface area contributed by atoms with Crippen molar-refractivity contribution in [3.05, 3.63) is 40.2 Å². The van der Waals surface area contributed by atoms with E-state index in [0.29, 0.717) is 28.5 Å². The molecule has 0 bridgehead atoms. The lowest BCUT2D eigenvalue weighted by molar-refractivity contribution is 0.592. The van der Waals surface area contributed by atoms with Gasteiger partial charge < -0.3 is 5.73 Å². The van der Waals surface area contributed by atoms with E-state index >= 15 is 0 Å². The van der Waals surface area contributed by atoms with E-state index in [1.54, 1.807) is 36.4 Å². The van der Waals surface area contributed by atoms with E-state index in [-0.39, 0.29) is 0 Å². The molecule has 1 aromatic heterocycles. The second kappa shape index (κ2) is 6.15. The van der Waals surface area contributed by atoms with E-state index in [2.05, 4.69) is 15.9 Å². The number of para-hydroxylation sites is 2. The highest BCUT2D eigenvalue weighted by atomic mass is 79.9. The lowest BCUT2D eigenvalue weighted by Gasteiger charge is -2.24. The van der Waals surface area contributed by atoms with Crippen LogP contribution in [0.4, 0.5) is 11.4 Å². The lowest BCUT2D eigenvalue weighted by atomic mass is 10.2. The number of nitrogens with zero attached hydrogens (tertiary/aromatic N) is 1. The van der Waals surface area contributed by atoms with Crippen molar-refractivity contribution in [2.45, 2.75) is 17.6 Å². The normalized spacial score (nSPS) is 11.5. The summed E-state index contributed by atoms with van der Waals surface area (Å²) in [5.74, 6) is 0. The highest BCUT2D eigenvalue weighted by molar-refractivity contribution is 9.11. The molecule has 2 N–H and O–H groups in total. The van der Waals surface area contributed by atoms with E-state index in [9.17, 15) is 8.42 Å². The van der Waals surface area contributed by atoms with E-state index in [0.717, 1.165) is 3.79 Å². The van der Waals surface area contributed by atoms with Crippen LogP contribution >= 0.6 is 27.3 Å². The van der Waals surface area contributed by atoms with Gasteiger partial charge in [-0.1, -0.05) is 19.1 Å². The molecule has 0 amide bonds. The molecule has 0 aliphatic rings. The summed E-state index contributed by atoms with van der Waals surface area (Å²) in [6.07, 6.45) is 0.708. The highest BCUT2D eigenvalue weighted by Gasteiger charge is 2.27. The largest absolute Gasteiger partial charge is 0.397 e. The van der Waals surface area contributed by atoms with Gasteiger partial charge in [0, 0.05) is 6.54 Å². The number of nitrogen functional groups attached to an aromatic ring is 1. The third kappa shape index (κ3) is 2.99. The van der Waals surface area contributed by atoms with E-state index in [1.807, 2.05) is 6.92 Å². The molecule has 2 rings (SSSR count). The van der Waals surface area contributed by atoms with Gasteiger partial charge in [-0.2, -0.15) is 0 Å². The van der Waals surface area contributed by atoms with Gasteiger partial charge in [0.25, 0.3) is 10.0 Å². The molecular formula is C13H15BrN2O2S2. The van der Waals surface area contributed by atoms with Gasteiger partial charge in [-0.25, -0.2) is 8.42 Å². The summed E-state index contributed by atoms with van der Waals surface area (Å²) >= 11 is 4.49. The van der Waals surface area contributed by atoms with E-state index in [1.165, 1.54) is 15.6 Å². The van der Waals surface area contributed by atoms with Crippen LogP contribution in [-0.4, -0.2) is 15.0 Å². The summed E-state index contributed by atoms with van der Waals surface area (Å²) in [5, 5.41) is 0. The van der Waals surface area contributed by atoms with Crippen molar-refractivity contribution in [1.82, 2.24) is 0 Å². The predicted octanol–water partition coefficient (Wildman–Crippen LogP) is 3.70. The molecular weight excluding hydrogens is 360 g/mol. The molecule has 1 heterocycles. The molecule has 0 aliphatic heterocycles. The molecule has 20 heavy (non-hydrogen) atoms. The first kappa shape index (κ1) is 15.3. The molecule has 108 valence electrons. The Hall–Kier alpha value is -1.05. The topological polar surface area (TPSA) is 63.4 Å². The van der Waals surface area contributed by atoms with Gasteiger partial charge in [0.2, 0.25) is 0 Å². The smallest absolute Gasteiger partial charge is 0.273 e. The Balaban J connectivity index is 2.51. The SMILES string of the molecule is CCCN(c1ccccc1N)S(=O)(=O)c1ccc(Br)s1. The first-order valence-corrected chi connectivity index (χ1v) is 9.14. The molecule has 0 unspecified atom stereocenters. The van der Waals surface area contributed by atoms with Gasteiger partial charge in [-0.05, 0) is 46.6 Å². The third-order valence-corrected chi connectivity index (χ3v) is 6.63. The Labute approximate surface area is 131 Å². The van der Waals surface area contributed by atoms with E-state index < -0.39 is 10.0 Å². The molecule has 2 aromatic rings.